The lowest BCUT2D eigenvalue weighted by Crippen LogP contribution is -2.67. The number of ether oxygens (including phenoxy) is 1. The maximum Gasteiger partial charge on any atom is 0.136 e. The van der Waals surface area contributed by atoms with Crippen LogP contribution in [0.15, 0.2) is 0 Å². The molecule has 19 heavy (non-hydrogen) atoms. The van der Waals surface area contributed by atoms with Crippen LogP contribution >= 0.6 is 0 Å². The molecular weight excluding hydrogens is 240 g/mol. The van der Waals surface area contributed by atoms with Crippen molar-refractivity contribution in [3.8, 4) is 0 Å². The second kappa shape index (κ2) is 3.96. The van der Waals surface area contributed by atoms with Crippen LogP contribution in [-0.2, 0) is 14.5 Å². The Hall–Kier alpha value is -0.120. The van der Waals surface area contributed by atoms with E-state index in [4.69, 9.17) is 14.5 Å². The SMILES string of the molecule is CC1CO[C@@H]2C[C@]3(C)CC[C@H]4[C@H](C)CCC1[C@@]24OO3. The highest BCUT2D eigenvalue weighted by Gasteiger charge is 2.66. The normalized spacial score (nSPS) is 60.5. The Morgan fingerprint density at radius 1 is 0.947 bits per heavy atom. The lowest BCUT2D eigenvalue weighted by atomic mass is 9.57. The minimum absolute atomic E-state index is 0.127. The molecule has 3 heteroatoms. The summed E-state index contributed by atoms with van der Waals surface area (Å²) in [5.74, 6) is 2.56. The molecule has 2 bridgehead atoms. The van der Waals surface area contributed by atoms with Gasteiger partial charge in [-0.3, -0.25) is 0 Å². The molecular formula is C16H26O3. The van der Waals surface area contributed by atoms with Gasteiger partial charge in [0.25, 0.3) is 0 Å². The van der Waals surface area contributed by atoms with Gasteiger partial charge in [-0.2, -0.15) is 0 Å². The second-order valence-corrected chi connectivity index (χ2v) is 7.78. The molecule has 0 aromatic heterocycles. The Balaban J connectivity index is 1.81. The highest BCUT2D eigenvalue weighted by molar-refractivity contribution is 5.12. The predicted octanol–water partition coefficient (Wildman–Crippen LogP) is 3.33. The van der Waals surface area contributed by atoms with Gasteiger partial charge in [-0.1, -0.05) is 13.8 Å². The van der Waals surface area contributed by atoms with E-state index in [1.54, 1.807) is 0 Å². The zero-order valence-electron chi connectivity index (χ0n) is 12.4. The van der Waals surface area contributed by atoms with Crippen molar-refractivity contribution in [1.82, 2.24) is 0 Å². The summed E-state index contributed by atoms with van der Waals surface area (Å²) in [6, 6.07) is 0. The van der Waals surface area contributed by atoms with Gasteiger partial charge in [-0.15, -0.1) is 0 Å². The fourth-order valence-electron chi connectivity index (χ4n) is 5.42. The van der Waals surface area contributed by atoms with Gasteiger partial charge in [0, 0.05) is 6.42 Å². The maximum absolute atomic E-state index is 6.24. The van der Waals surface area contributed by atoms with Crippen molar-refractivity contribution >= 4 is 0 Å². The van der Waals surface area contributed by atoms with Crippen LogP contribution in [0.5, 0.6) is 0 Å². The van der Waals surface area contributed by atoms with Gasteiger partial charge < -0.3 is 4.74 Å². The molecule has 3 nitrogen and oxygen atoms in total. The van der Waals surface area contributed by atoms with Crippen molar-refractivity contribution in [3.63, 3.8) is 0 Å². The molecule has 2 saturated carbocycles. The molecule has 1 spiro atoms. The minimum Gasteiger partial charge on any atom is -0.375 e. The largest absolute Gasteiger partial charge is 0.375 e. The van der Waals surface area contributed by atoms with Crippen LogP contribution in [0.3, 0.4) is 0 Å². The summed E-state index contributed by atoms with van der Waals surface area (Å²) in [7, 11) is 0. The molecule has 2 aliphatic carbocycles. The fourth-order valence-corrected chi connectivity index (χ4v) is 5.42. The number of rotatable bonds is 0. The molecule has 5 rings (SSSR count). The Morgan fingerprint density at radius 2 is 1.74 bits per heavy atom. The van der Waals surface area contributed by atoms with Crippen LogP contribution in [0.1, 0.15) is 52.9 Å². The summed E-state index contributed by atoms with van der Waals surface area (Å²) in [5.41, 5.74) is -0.274. The van der Waals surface area contributed by atoms with Crippen LogP contribution in [0.2, 0.25) is 0 Å². The van der Waals surface area contributed by atoms with Crippen LogP contribution in [0.4, 0.5) is 0 Å². The first-order chi connectivity index (χ1) is 9.05. The number of hydrogen-bond acceptors (Lipinski definition) is 3. The maximum atomic E-state index is 6.24. The van der Waals surface area contributed by atoms with Crippen LogP contribution < -0.4 is 0 Å². The van der Waals surface area contributed by atoms with Crippen molar-refractivity contribution in [2.75, 3.05) is 6.61 Å². The first-order valence-electron chi connectivity index (χ1n) is 8.04. The van der Waals surface area contributed by atoms with Gasteiger partial charge in [0.2, 0.25) is 0 Å². The molecule has 0 N–H and O–H groups in total. The molecule has 0 radical (unpaired) electrons. The molecule has 5 fully saturated rings. The lowest BCUT2D eigenvalue weighted by molar-refractivity contribution is -0.483. The first-order valence-corrected chi connectivity index (χ1v) is 8.04. The van der Waals surface area contributed by atoms with Crippen molar-refractivity contribution in [3.05, 3.63) is 0 Å². The Bertz CT molecular complexity index is 384. The third-order valence-electron chi connectivity index (χ3n) is 6.52. The number of fused-ring (bicyclic) bond motifs is 2. The summed E-state index contributed by atoms with van der Waals surface area (Å²) >= 11 is 0. The molecule has 3 saturated heterocycles. The molecule has 0 aromatic carbocycles. The molecule has 5 aliphatic rings. The van der Waals surface area contributed by atoms with E-state index in [1.807, 2.05) is 0 Å². The van der Waals surface area contributed by atoms with Crippen molar-refractivity contribution in [1.29, 1.82) is 0 Å². The molecule has 0 aromatic rings. The van der Waals surface area contributed by atoms with E-state index >= 15 is 0 Å². The summed E-state index contributed by atoms with van der Waals surface area (Å²) in [5, 5.41) is 0. The van der Waals surface area contributed by atoms with Gasteiger partial charge in [0.1, 0.15) is 11.2 Å². The molecule has 7 atom stereocenters. The van der Waals surface area contributed by atoms with Crippen molar-refractivity contribution in [2.24, 2.45) is 23.7 Å². The Morgan fingerprint density at radius 3 is 2.58 bits per heavy atom. The second-order valence-electron chi connectivity index (χ2n) is 7.78. The van der Waals surface area contributed by atoms with Crippen LogP contribution in [0, 0.1) is 23.7 Å². The van der Waals surface area contributed by atoms with E-state index < -0.39 is 0 Å². The third-order valence-corrected chi connectivity index (χ3v) is 6.52. The average Bonchev–Trinajstić information content (AvgIpc) is 2.61. The van der Waals surface area contributed by atoms with E-state index in [0.29, 0.717) is 17.8 Å². The average molecular weight is 266 g/mol. The zero-order chi connectivity index (χ0) is 13.3. The third kappa shape index (κ3) is 1.55. The predicted molar refractivity (Wildman–Crippen MR) is 71.4 cm³/mol. The molecule has 108 valence electrons. The standard InChI is InChI=1S/C16H26O3/c1-10-4-5-12-11(2)9-17-14-8-15(3)7-6-13(10)16(12,14)19-18-15/h10-14H,4-9H2,1-3H3/t10-,11?,12?,13+,14-,15+,16+/m1/s1. The molecule has 3 aliphatic heterocycles. The van der Waals surface area contributed by atoms with Gasteiger partial charge in [0.15, 0.2) is 0 Å². The van der Waals surface area contributed by atoms with Crippen LogP contribution in [0.25, 0.3) is 0 Å². The van der Waals surface area contributed by atoms with Gasteiger partial charge in [0.05, 0.1) is 12.7 Å². The quantitative estimate of drug-likeness (QED) is 0.629. The summed E-state index contributed by atoms with van der Waals surface area (Å²) in [4.78, 5) is 12.1. The van der Waals surface area contributed by atoms with Crippen molar-refractivity contribution < 1.29 is 14.5 Å². The Labute approximate surface area is 115 Å². The smallest absolute Gasteiger partial charge is 0.136 e. The lowest BCUT2D eigenvalue weighted by Gasteiger charge is -2.59. The molecule has 3 heterocycles. The van der Waals surface area contributed by atoms with E-state index in [-0.39, 0.29) is 17.3 Å². The first kappa shape index (κ1) is 12.6. The van der Waals surface area contributed by atoms with E-state index in [0.717, 1.165) is 25.4 Å². The monoisotopic (exact) mass is 266 g/mol. The number of hydrogen-bond donors (Lipinski definition) is 0. The minimum atomic E-state index is -0.147. The van der Waals surface area contributed by atoms with Crippen LogP contribution in [-0.4, -0.2) is 23.9 Å². The van der Waals surface area contributed by atoms with Gasteiger partial charge in [-0.25, -0.2) is 9.78 Å². The van der Waals surface area contributed by atoms with Gasteiger partial charge in [-0.05, 0) is 56.3 Å². The van der Waals surface area contributed by atoms with Gasteiger partial charge >= 0.3 is 0 Å². The van der Waals surface area contributed by atoms with Crippen molar-refractivity contribution in [2.45, 2.75) is 70.2 Å². The molecule has 2 unspecified atom stereocenters. The van der Waals surface area contributed by atoms with E-state index in [2.05, 4.69) is 20.8 Å². The zero-order valence-corrected chi connectivity index (χ0v) is 12.4. The summed E-state index contributed by atoms with van der Waals surface area (Å²) < 4.78 is 6.24. The Kier molecular flexibility index (Phi) is 2.63. The fraction of sp³-hybridized carbons (Fsp3) is 1.00. The topological polar surface area (TPSA) is 27.7 Å². The highest BCUT2D eigenvalue weighted by Crippen LogP contribution is 2.60. The molecule has 0 amide bonds. The highest BCUT2D eigenvalue weighted by atomic mass is 17.2. The van der Waals surface area contributed by atoms with E-state index in [1.165, 1.54) is 19.3 Å². The summed E-state index contributed by atoms with van der Waals surface area (Å²) in [6.45, 7) is 7.82. The van der Waals surface area contributed by atoms with E-state index in [9.17, 15) is 0 Å². The summed E-state index contributed by atoms with van der Waals surface area (Å²) in [6.07, 6.45) is 6.24.